The van der Waals surface area contributed by atoms with Gasteiger partial charge in [0, 0.05) is 50.7 Å². The Morgan fingerprint density at radius 1 is 1.00 bits per heavy atom. The summed E-state index contributed by atoms with van der Waals surface area (Å²) in [5.41, 5.74) is 2.67. The van der Waals surface area contributed by atoms with Crippen molar-refractivity contribution in [3.8, 4) is 0 Å². The lowest BCUT2D eigenvalue weighted by atomic mass is 9.93. The molecule has 2 aromatic heterocycles. The lowest BCUT2D eigenvalue weighted by Gasteiger charge is -2.40. The molecule has 2 atom stereocenters. The molecule has 3 aromatic rings. The number of benzene rings is 1. The van der Waals surface area contributed by atoms with Crippen LogP contribution in [0.3, 0.4) is 0 Å². The summed E-state index contributed by atoms with van der Waals surface area (Å²) in [7, 11) is 0. The predicted molar refractivity (Wildman–Crippen MR) is 151 cm³/mol. The van der Waals surface area contributed by atoms with Gasteiger partial charge in [-0.2, -0.15) is 4.98 Å². The van der Waals surface area contributed by atoms with Gasteiger partial charge < -0.3 is 10.2 Å². The number of aromatic nitrogens is 4. The first-order valence-electron chi connectivity index (χ1n) is 13.4. The van der Waals surface area contributed by atoms with Crippen molar-refractivity contribution in [2.45, 2.75) is 59.2 Å². The molecule has 1 aliphatic heterocycles. The largest absolute Gasteiger partial charge is 0.349 e. The van der Waals surface area contributed by atoms with Gasteiger partial charge in [0.15, 0.2) is 5.65 Å². The minimum absolute atomic E-state index is 0.00968. The molecule has 4 rings (SSSR count). The highest BCUT2D eigenvalue weighted by Gasteiger charge is 2.27. The molecular weight excluding hydrogens is 478 g/mol. The monoisotopic (exact) mass is 517 g/mol. The van der Waals surface area contributed by atoms with Gasteiger partial charge in [0.2, 0.25) is 11.9 Å². The molecule has 1 aromatic carbocycles. The molecule has 38 heavy (non-hydrogen) atoms. The van der Waals surface area contributed by atoms with Gasteiger partial charge in [0.05, 0.1) is 11.4 Å². The van der Waals surface area contributed by atoms with Crippen LogP contribution in [0.5, 0.6) is 0 Å². The van der Waals surface area contributed by atoms with Crippen LogP contribution in [0, 0.1) is 5.92 Å². The number of anilines is 1. The molecule has 3 heterocycles. The van der Waals surface area contributed by atoms with Crippen LogP contribution in [0.15, 0.2) is 54.1 Å². The molecule has 1 amide bonds. The highest BCUT2D eigenvalue weighted by atomic mass is 16.2. The Bertz CT molecular complexity index is 1330. The van der Waals surface area contributed by atoms with E-state index in [1.807, 2.05) is 18.7 Å². The zero-order valence-electron chi connectivity index (χ0n) is 23.1. The van der Waals surface area contributed by atoms with Gasteiger partial charge in [-0.3, -0.25) is 14.3 Å². The van der Waals surface area contributed by atoms with Crippen LogP contribution in [-0.4, -0.2) is 61.4 Å². The van der Waals surface area contributed by atoms with Crippen LogP contribution in [-0.2, 0) is 4.79 Å². The van der Waals surface area contributed by atoms with E-state index in [1.54, 1.807) is 10.8 Å². The van der Waals surface area contributed by atoms with Crippen LogP contribution < -0.4 is 11.0 Å². The normalized spacial score (nSPS) is 16.1. The minimum atomic E-state index is -0.314. The highest BCUT2D eigenvalue weighted by molar-refractivity contribution is 5.87. The van der Waals surface area contributed by atoms with E-state index in [9.17, 15) is 9.59 Å². The second-order valence-corrected chi connectivity index (χ2v) is 10.7. The Morgan fingerprint density at radius 3 is 2.24 bits per heavy atom. The fourth-order valence-corrected chi connectivity index (χ4v) is 5.09. The zero-order chi connectivity index (χ0) is 27.4. The van der Waals surface area contributed by atoms with Gasteiger partial charge in [0.1, 0.15) is 0 Å². The van der Waals surface area contributed by atoms with Gasteiger partial charge in [-0.1, -0.05) is 44.7 Å². The van der Waals surface area contributed by atoms with Crippen LogP contribution >= 0.6 is 0 Å². The van der Waals surface area contributed by atoms with Gasteiger partial charge in [0.25, 0.3) is 0 Å². The van der Waals surface area contributed by atoms with E-state index in [0.29, 0.717) is 23.6 Å². The second kappa shape index (κ2) is 11.9. The molecule has 1 N–H and O–H groups in total. The SMILES string of the molecule is C=CC(=O)N1CCN(C(CC(C)C)c2ccc([C@H](C)Nc3ncc4cnc(=O)n(C(C)C)c4n3)cc2)CC1. The molecule has 0 spiro atoms. The maximum absolute atomic E-state index is 12.3. The molecule has 1 fully saturated rings. The first-order valence-corrected chi connectivity index (χ1v) is 13.4. The lowest BCUT2D eigenvalue weighted by Crippen LogP contribution is -2.49. The summed E-state index contributed by atoms with van der Waals surface area (Å²) in [4.78, 5) is 41.7. The smallest absolute Gasteiger partial charge is 0.348 e. The quantitative estimate of drug-likeness (QED) is 0.421. The minimum Gasteiger partial charge on any atom is -0.348 e. The average molecular weight is 518 g/mol. The van der Waals surface area contributed by atoms with E-state index < -0.39 is 0 Å². The summed E-state index contributed by atoms with van der Waals surface area (Å²) in [6, 6.07) is 8.96. The molecule has 0 radical (unpaired) electrons. The number of nitrogens with one attached hydrogen (secondary N) is 1. The molecule has 1 unspecified atom stereocenters. The summed E-state index contributed by atoms with van der Waals surface area (Å²) in [5.74, 6) is 1.03. The van der Waals surface area contributed by atoms with Crippen LogP contribution in [0.1, 0.15) is 70.3 Å². The first-order chi connectivity index (χ1) is 18.2. The Hall–Kier alpha value is -3.59. The summed E-state index contributed by atoms with van der Waals surface area (Å²) in [5, 5.41) is 4.12. The van der Waals surface area contributed by atoms with Crippen molar-refractivity contribution in [1.29, 1.82) is 0 Å². The number of carbonyl (C=O) groups excluding carboxylic acids is 1. The van der Waals surface area contributed by atoms with Crippen molar-refractivity contribution in [3.63, 3.8) is 0 Å². The molecule has 9 heteroatoms. The molecular formula is C29H39N7O2. The Kier molecular flexibility index (Phi) is 8.56. The van der Waals surface area contributed by atoms with E-state index in [1.165, 1.54) is 17.8 Å². The lowest BCUT2D eigenvalue weighted by molar-refractivity contribution is -0.128. The van der Waals surface area contributed by atoms with E-state index in [-0.39, 0.29) is 23.7 Å². The fourth-order valence-electron chi connectivity index (χ4n) is 5.09. The number of hydrogen-bond acceptors (Lipinski definition) is 7. The Balaban J connectivity index is 1.50. The standard InChI is InChI=1S/C29H39N7O2/c1-7-26(37)35-14-12-34(13-15-35)25(16-19(2)3)23-10-8-22(9-11-23)21(6)32-28-30-17-24-18-31-29(38)36(20(4)5)27(24)33-28/h7-11,17-21,25H,1,12-16H2,2-6H3,(H,30,32,33)/t21-,25?/m0/s1. The summed E-state index contributed by atoms with van der Waals surface area (Å²) < 4.78 is 1.59. The molecule has 9 nitrogen and oxygen atoms in total. The van der Waals surface area contributed by atoms with E-state index in [2.05, 4.69) is 76.8 Å². The third-order valence-corrected chi connectivity index (χ3v) is 7.16. The summed E-state index contributed by atoms with van der Waals surface area (Å²) in [6.07, 6.45) is 5.68. The van der Waals surface area contributed by atoms with Crippen molar-refractivity contribution >= 4 is 22.9 Å². The van der Waals surface area contributed by atoms with Crippen LogP contribution in [0.25, 0.3) is 11.0 Å². The van der Waals surface area contributed by atoms with Gasteiger partial charge >= 0.3 is 5.69 Å². The first kappa shape index (κ1) is 27.4. The topological polar surface area (TPSA) is 96.3 Å². The number of nitrogens with zero attached hydrogens (tertiary/aromatic N) is 6. The molecule has 0 saturated carbocycles. The molecule has 202 valence electrons. The maximum atomic E-state index is 12.3. The highest BCUT2D eigenvalue weighted by Crippen LogP contribution is 2.30. The van der Waals surface area contributed by atoms with Crippen LogP contribution in [0.4, 0.5) is 5.95 Å². The Morgan fingerprint density at radius 2 is 1.63 bits per heavy atom. The maximum Gasteiger partial charge on any atom is 0.349 e. The van der Waals surface area contributed by atoms with Crippen molar-refractivity contribution in [1.82, 2.24) is 29.3 Å². The van der Waals surface area contributed by atoms with Gasteiger partial charge in [-0.15, -0.1) is 0 Å². The van der Waals surface area contributed by atoms with Crippen molar-refractivity contribution in [2.24, 2.45) is 5.92 Å². The summed E-state index contributed by atoms with van der Waals surface area (Å²) >= 11 is 0. The molecule has 0 aliphatic carbocycles. The number of piperazine rings is 1. The number of fused-ring (bicyclic) bond motifs is 1. The zero-order valence-corrected chi connectivity index (χ0v) is 23.1. The van der Waals surface area contributed by atoms with E-state index in [4.69, 9.17) is 0 Å². The third-order valence-electron chi connectivity index (χ3n) is 7.16. The second-order valence-electron chi connectivity index (χ2n) is 10.7. The van der Waals surface area contributed by atoms with Crippen molar-refractivity contribution in [3.05, 3.63) is 70.9 Å². The van der Waals surface area contributed by atoms with Gasteiger partial charge in [-0.05, 0) is 50.3 Å². The van der Waals surface area contributed by atoms with Gasteiger partial charge in [-0.25, -0.2) is 14.8 Å². The number of carbonyl (C=O) groups is 1. The number of hydrogen-bond donors (Lipinski definition) is 1. The Labute approximate surface area is 224 Å². The fraction of sp³-hybridized carbons (Fsp3) is 0.483. The molecule has 0 bridgehead atoms. The van der Waals surface area contributed by atoms with Crippen molar-refractivity contribution in [2.75, 3.05) is 31.5 Å². The van der Waals surface area contributed by atoms with E-state index in [0.717, 1.165) is 43.5 Å². The van der Waals surface area contributed by atoms with E-state index >= 15 is 0 Å². The third kappa shape index (κ3) is 6.10. The molecule has 1 saturated heterocycles. The number of rotatable bonds is 9. The number of amides is 1. The van der Waals surface area contributed by atoms with Crippen molar-refractivity contribution < 1.29 is 4.79 Å². The predicted octanol–water partition coefficient (Wildman–Crippen LogP) is 4.36. The average Bonchev–Trinajstić information content (AvgIpc) is 2.91. The molecule has 1 aliphatic rings. The summed E-state index contributed by atoms with van der Waals surface area (Å²) in [6.45, 7) is 17.2. The van der Waals surface area contributed by atoms with Crippen LogP contribution in [0.2, 0.25) is 0 Å².